The Hall–Kier alpha value is -2.88. The number of carbonyl (C=O) groups excluding carboxylic acids is 1. The number of nitrogens with zero attached hydrogens (tertiary/aromatic N) is 1. The van der Waals surface area contributed by atoms with Gasteiger partial charge < -0.3 is 10.1 Å². The molecule has 0 radical (unpaired) electrons. The van der Waals surface area contributed by atoms with Crippen LogP contribution in [-0.2, 0) is 4.79 Å². The molecule has 4 heteroatoms. The highest BCUT2D eigenvalue weighted by Gasteiger charge is 2.17. The molecule has 2 aromatic carbocycles. The fourth-order valence-electron chi connectivity index (χ4n) is 2.54. The lowest BCUT2D eigenvalue weighted by Crippen LogP contribution is -2.30. The average molecular weight is 320 g/mol. The van der Waals surface area contributed by atoms with Crippen LogP contribution in [0.1, 0.15) is 18.1 Å². The van der Waals surface area contributed by atoms with Crippen LogP contribution in [0.2, 0.25) is 0 Å². The number of ether oxygens (including phenoxy) is 1. The second kappa shape index (κ2) is 6.71. The van der Waals surface area contributed by atoms with Crippen molar-refractivity contribution in [1.29, 1.82) is 0 Å². The number of hydrogen-bond donors (Lipinski definition) is 1. The molecule has 0 aliphatic heterocycles. The maximum atomic E-state index is 12.5. The number of hydrogen-bond acceptors (Lipinski definition) is 3. The molecule has 122 valence electrons. The third kappa shape index (κ3) is 3.23. The number of rotatable bonds is 4. The molecule has 1 N–H and O–H groups in total. The van der Waals surface area contributed by atoms with Crippen LogP contribution in [-0.4, -0.2) is 17.0 Å². The third-order valence-corrected chi connectivity index (χ3v) is 4.12. The first-order valence-corrected chi connectivity index (χ1v) is 7.94. The van der Waals surface area contributed by atoms with Crippen molar-refractivity contribution < 1.29 is 9.53 Å². The van der Waals surface area contributed by atoms with Gasteiger partial charge in [0.25, 0.3) is 5.91 Å². The summed E-state index contributed by atoms with van der Waals surface area (Å²) in [6, 6.07) is 15.4. The fourth-order valence-corrected chi connectivity index (χ4v) is 2.54. The van der Waals surface area contributed by atoms with Crippen LogP contribution in [0.5, 0.6) is 5.75 Å². The van der Waals surface area contributed by atoms with E-state index in [2.05, 4.69) is 10.3 Å². The zero-order chi connectivity index (χ0) is 17.1. The number of carbonyl (C=O) groups is 1. The van der Waals surface area contributed by atoms with Gasteiger partial charge in [0, 0.05) is 11.6 Å². The van der Waals surface area contributed by atoms with Gasteiger partial charge in [-0.05, 0) is 50.1 Å². The number of aromatic nitrogens is 1. The summed E-state index contributed by atoms with van der Waals surface area (Å²) in [6.45, 7) is 5.76. The highest BCUT2D eigenvalue weighted by atomic mass is 16.5. The Morgan fingerprint density at radius 2 is 1.83 bits per heavy atom. The lowest BCUT2D eigenvalue weighted by atomic mass is 10.1. The summed E-state index contributed by atoms with van der Waals surface area (Å²) in [6.07, 6.45) is 1.11. The lowest BCUT2D eigenvalue weighted by Gasteiger charge is -2.17. The molecule has 0 fully saturated rings. The molecule has 24 heavy (non-hydrogen) atoms. The van der Waals surface area contributed by atoms with Crippen LogP contribution in [0.3, 0.4) is 0 Å². The Morgan fingerprint density at radius 1 is 1.08 bits per heavy atom. The summed E-state index contributed by atoms with van der Waals surface area (Å²) < 4.78 is 5.84. The van der Waals surface area contributed by atoms with E-state index in [9.17, 15) is 4.79 Å². The van der Waals surface area contributed by atoms with Crippen molar-refractivity contribution in [1.82, 2.24) is 4.98 Å². The van der Waals surface area contributed by atoms with E-state index in [4.69, 9.17) is 4.74 Å². The van der Waals surface area contributed by atoms with E-state index in [0.717, 1.165) is 27.8 Å². The zero-order valence-electron chi connectivity index (χ0n) is 14.0. The standard InChI is InChI=1S/C20H20N2O2/c1-13-7-4-11-18(14(13)2)24-15(3)20(23)22-17-10-5-8-16-9-6-12-21-19(16)17/h4-12,15H,1-3H3,(H,22,23). The monoisotopic (exact) mass is 320 g/mol. The van der Waals surface area contributed by atoms with Crippen LogP contribution in [0.25, 0.3) is 10.9 Å². The maximum Gasteiger partial charge on any atom is 0.265 e. The normalized spacial score (nSPS) is 12.0. The number of amides is 1. The number of benzene rings is 2. The van der Waals surface area contributed by atoms with Crippen molar-refractivity contribution in [3.05, 3.63) is 65.9 Å². The van der Waals surface area contributed by atoms with Gasteiger partial charge in [0.15, 0.2) is 6.10 Å². The largest absolute Gasteiger partial charge is 0.481 e. The molecule has 1 heterocycles. The molecule has 1 atom stereocenters. The van der Waals surface area contributed by atoms with Crippen LogP contribution < -0.4 is 10.1 Å². The minimum Gasteiger partial charge on any atom is -0.481 e. The van der Waals surface area contributed by atoms with Crippen molar-refractivity contribution in [2.75, 3.05) is 5.32 Å². The summed E-state index contributed by atoms with van der Waals surface area (Å²) >= 11 is 0. The van der Waals surface area contributed by atoms with Gasteiger partial charge in [-0.25, -0.2) is 0 Å². The first kappa shape index (κ1) is 16.0. The van der Waals surface area contributed by atoms with Gasteiger partial charge in [-0.15, -0.1) is 0 Å². The van der Waals surface area contributed by atoms with Gasteiger partial charge in [-0.1, -0.05) is 30.3 Å². The molecule has 1 amide bonds. The summed E-state index contributed by atoms with van der Waals surface area (Å²) in [5.41, 5.74) is 3.64. The van der Waals surface area contributed by atoms with E-state index < -0.39 is 6.10 Å². The Bertz CT molecular complexity index is 884. The second-order valence-corrected chi connectivity index (χ2v) is 5.83. The fraction of sp³-hybridized carbons (Fsp3) is 0.200. The lowest BCUT2D eigenvalue weighted by molar-refractivity contribution is -0.122. The Labute approximate surface area is 141 Å². The Kier molecular flexibility index (Phi) is 4.47. The molecular weight excluding hydrogens is 300 g/mol. The molecule has 0 saturated heterocycles. The molecule has 0 saturated carbocycles. The first-order chi connectivity index (χ1) is 11.6. The Balaban J connectivity index is 1.77. The van der Waals surface area contributed by atoms with Crippen LogP contribution in [0.15, 0.2) is 54.7 Å². The molecule has 0 aliphatic carbocycles. The summed E-state index contributed by atoms with van der Waals surface area (Å²) in [7, 11) is 0. The van der Waals surface area contributed by atoms with Gasteiger partial charge in [0.05, 0.1) is 11.2 Å². The molecule has 0 spiro atoms. The molecule has 4 nitrogen and oxygen atoms in total. The number of pyridine rings is 1. The van der Waals surface area contributed by atoms with E-state index in [1.165, 1.54) is 0 Å². The number of aryl methyl sites for hydroxylation is 1. The summed E-state index contributed by atoms with van der Waals surface area (Å²) in [5, 5.41) is 3.90. The second-order valence-electron chi connectivity index (χ2n) is 5.83. The minimum atomic E-state index is -0.607. The highest BCUT2D eigenvalue weighted by molar-refractivity contribution is 6.01. The van der Waals surface area contributed by atoms with E-state index in [0.29, 0.717) is 5.69 Å². The van der Waals surface area contributed by atoms with Gasteiger partial charge >= 0.3 is 0 Å². The number of nitrogens with one attached hydrogen (secondary N) is 1. The van der Waals surface area contributed by atoms with E-state index >= 15 is 0 Å². The molecule has 0 bridgehead atoms. The highest BCUT2D eigenvalue weighted by Crippen LogP contribution is 2.23. The number of fused-ring (bicyclic) bond motifs is 1. The van der Waals surface area contributed by atoms with Crippen LogP contribution >= 0.6 is 0 Å². The predicted octanol–water partition coefficient (Wildman–Crippen LogP) is 4.26. The van der Waals surface area contributed by atoms with Gasteiger partial charge in [-0.3, -0.25) is 9.78 Å². The number of para-hydroxylation sites is 1. The van der Waals surface area contributed by atoms with Gasteiger partial charge in [-0.2, -0.15) is 0 Å². The Morgan fingerprint density at radius 3 is 2.67 bits per heavy atom. The van der Waals surface area contributed by atoms with E-state index in [-0.39, 0.29) is 5.91 Å². The number of anilines is 1. The van der Waals surface area contributed by atoms with E-state index in [1.54, 1.807) is 13.1 Å². The zero-order valence-corrected chi connectivity index (χ0v) is 14.0. The molecule has 1 unspecified atom stereocenters. The van der Waals surface area contributed by atoms with Gasteiger partial charge in [0.1, 0.15) is 5.75 Å². The van der Waals surface area contributed by atoms with Crippen molar-refractivity contribution in [2.45, 2.75) is 26.9 Å². The quantitative estimate of drug-likeness (QED) is 0.781. The molecule has 1 aromatic heterocycles. The smallest absolute Gasteiger partial charge is 0.265 e. The summed E-state index contributed by atoms with van der Waals surface area (Å²) in [4.78, 5) is 16.8. The average Bonchev–Trinajstić information content (AvgIpc) is 2.59. The summed E-state index contributed by atoms with van der Waals surface area (Å²) in [5.74, 6) is 0.530. The van der Waals surface area contributed by atoms with Crippen molar-refractivity contribution in [2.24, 2.45) is 0 Å². The molecule has 3 aromatic rings. The van der Waals surface area contributed by atoms with Crippen LogP contribution in [0.4, 0.5) is 5.69 Å². The van der Waals surface area contributed by atoms with Crippen LogP contribution in [0, 0.1) is 13.8 Å². The van der Waals surface area contributed by atoms with E-state index in [1.807, 2.05) is 62.4 Å². The van der Waals surface area contributed by atoms with Crippen molar-refractivity contribution in [3.63, 3.8) is 0 Å². The van der Waals surface area contributed by atoms with Crippen molar-refractivity contribution in [3.8, 4) is 5.75 Å². The maximum absolute atomic E-state index is 12.5. The SMILES string of the molecule is Cc1cccc(OC(C)C(=O)Nc2cccc3cccnc23)c1C. The van der Waals surface area contributed by atoms with Crippen molar-refractivity contribution >= 4 is 22.5 Å². The first-order valence-electron chi connectivity index (χ1n) is 7.94. The molecular formula is C20H20N2O2. The molecule has 3 rings (SSSR count). The topological polar surface area (TPSA) is 51.2 Å². The predicted molar refractivity (Wildman–Crippen MR) is 96.4 cm³/mol. The van der Waals surface area contributed by atoms with Gasteiger partial charge in [0.2, 0.25) is 0 Å². The minimum absolute atomic E-state index is 0.200. The third-order valence-electron chi connectivity index (χ3n) is 4.12. The molecule has 0 aliphatic rings.